The number of imidazole rings is 1. The number of aromatic nitrogens is 4. The molecule has 5 heterocycles. The van der Waals surface area contributed by atoms with Crippen molar-refractivity contribution >= 4 is 11.5 Å². The van der Waals surface area contributed by atoms with Crippen LogP contribution in [-0.4, -0.2) is 58.1 Å². The van der Waals surface area contributed by atoms with E-state index in [1.54, 1.807) is 6.20 Å². The smallest absolute Gasteiger partial charge is 0.354 e. The molecule has 0 saturated carbocycles. The van der Waals surface area contributed by atoms with Gasteiger partial charge in [0.05, 0.1) is 11.8 Å². The number of halogens is 3. The summed E-state index contributed by atoms with van der Waals surface area (Å²) >= 11 is 0. The monoisotopic (exact) mass is 418 g/mol. The van der Waals surface area contributed by atoms with Crippen molar-refractivity contribution in [2.45, 2.75) is 12.2 Å². The summed E-state index contributed by atoms with van der Waals surface area (Å²) in [4.78, 5) is 15.3. The van der Waals surface area contributed by atoms with Gasteiger partial charge in [0.25, 0.3) is 0 Å². The van der Waals surface area contributed by atoms with Gasteiger partial charge in [-0.1, -0.05) is 0 Å². The summed E-state index contributed by atoms with van der Waals surface area (Å²) in [6, 6.07) is 4.53. The van der Waals surface area contributed by atoms with E-state index in [4.69, 9.17) is 0 Å². The number of hydrazine groups is 1. The normalized spacial score (nSPS) is 20.9. The minimum Gasteiger partial charge on any atom is -0.354 e. The van der Waals surface area contributed by atoms with Crippen molar-refractivity contribution in [3.05, 3.63) is 42.4 Å². The molecular weight excluding hydrogens is 397 g/mol. The highest BCUT2D eigenvalue weighted by Gasteiger charge is 2.32. The van der Waals surface area contributed by atoms with Gasteiger partial charge in [-0.05, 0) is 18.2 Å². The standard InChI is InChI=1S/C19H21F3N8/c20-19(21,22)13-1-2-16-25-9-15(30(16)10-13)18-24-4-3-17(28-18)29-6-5-23-14(11-29)12-7-26-27-8-12/h1-4,9-10,12,14,23,26-27H,5-8,11H2/t14-/m0/s1. The number of hydrogen-bond acceptors (Lipinski definition) is 7. The van der Waals surface area contributed by atoms with Crippen LogP contribution in [-0.2, 0) is 6.18 Å². The second-order valence-electron chi connectivity index (χ2n) is 7.55. The molecule has 0 unspecified atom stereocenters. The van der Waals surface area contributed by atoms with Crippen molar-refractivity contribution in [2.24, 2.45) is 5.92 Å². The molecule has 158 valence electrons. The van der Waals surface area contributed by atoms with E-state index >= 15 is 0 Å². The van der Waals surface area contributed by atoms with Gasteiger partial charge in [-0.3, -0.25) is 15.3 Å². The third kappa shape index (κ3) is 3.59. The van der Waals surface area contributed by atoms with E-state index < -0.39 is 11.7 Å². The number of alkyl halides is 3. The first-order chi connectivity index (χ1) is 14.5. The Labute approximate surface area is 170 Å². The molecule has 0 aromatic carbocycles. The average molecular weight is 418 g/mol. The van der Waals surface area contributed by atoms with Crippen LogP contribution in [0.4, 0.5) is 19.0 Å². The van der Waals surface area contributed by atoms with E-state index in [1.807, 2.05) is 6.07 Å². The number of pyridine rings is 1. The largest absolute Gasteiger partial charge is 0.417 e. The highest BCUT2D eigenvalue weighted by atomic mass is 19.4. The fourth-order valence-corrected chi connectivity index (χ4v) is 4.03. The molecule has 2 fully saturated rings. The van der Waals surface area contributed by atoms with Gasteiger partial charge < -0.3 is 10.2 Å². The van der Waals surface area contributed by atoms with Crippen LogP contribution < -0.4 is 21.1 Å². The highest BCUT2D eigenvalue weighted by Crippen LogP contribution is 2.30. The van der Waals surface area contributed by atoms with E-state index in [9.17, 15) is 13.2 Å². The quantitative estimate of drug-likeness (QED) is 0.592. The molecule has 3 N–H and O–H groups in total. The van der Waals surface area contributed by atoms with Crippen molar-refractivity contribution in [1.82, 2.24) is 35.5 Å². The Kier molecular flexibility index (Phi) is 4.80. The summed E-state index contributed by atoms with van der Waals surface area (Å²) in [5.41, 5.74) is 6.42. The summed E-state index contributed by atoms with van der Waals surface area (Å²) in [7, 11) is 0. The van der Waals surface area contributed by atoms with Gasteiger partial charge in [0.15, 0.2) is 5.82 Å². The number of fused-ring (bicyclic) bond motifs is 1. The van der Waals surface area contributed by atoms with Gasteiger partial charge in [0.1, 0.15) is 17.2 Å². The zero-order valence-electron chi connectivity index (χ0n) is 16.0. The van der Waals surface area contributed by atoms with Gasteiger partial charge in [-0.15, -0.1) is 0 Å². The maximum Gasteiger partial charge on any atom is 0.417 e. The number of nitrogens with one attached hydrogen (secondary N) is 3. The third-order valence-corrected chi connectivity index (χ3v) is 5.65. The SMILES string of the molecule is FC(F)(F)c1ccc2ncc(-c3nccc(N4CCN[C@H](C5CNNC5)C4)n3)n2c1. The molecule has 8 nitrogen and oxygen atoms in total. The van der Waals surface area contributed by atoms with E-state index in [2.05, 4.69) is 36.0 Å². The minimum absolute atomic E-state index is 0.324. The van der Waals surface area contributed by atoms with Crippen molar-refractivity contribution < 1.29 is 13.2 Å². The van der Waals surface area contributed by atoms with Crippen molar-refractivity contribution in [3.63, 3.8) is 0 Å². The predicted octanol–water partition coefficient (Wildman–Crippen LogP) is 1.31. The number of hydrogen-bond donors (Lipinski definition) is 3. The highest BCUT2D eigenvalue weighted by molar-refractivity contribution is 5.59. The van der Waals surface area contributed by atoms with Crippen LogP contribution in [0.3, 0.4) is 0 Å². The van der Waals surface area contributed by atoms with Crippen LogP contribution in [0.25, 0.3) is 17.2 Å². The Morgan fingerprint density at radius 1 is 1.07 bits per heavy atom. The summed E-state index contributed by atoms with van der Waals surface area (Å²) in [6.45, 7) is 4.25. The Morgan fingerprint density at radius 2 is 1.90 bits per heavy atom. The van der Waals surface area contributed by atoms with Crippen LogP contribution in [0.2, 0.25) is 0 Å². The minimum atomic E-state index is -4.43. The zero-order chi connectivity index (χ0) is 20.7. The second-order valence-corrected chi connectivity index (χ2v) is 7.55. The van der Waals surface area contributed by atoms with Crippen molar-refractivity contribution in [1.29, 1.82) is 0 Å². The van der Waals surface area contributed by atoms with Crippen LogP contribution in [0.5, 0.6) is 0 Å². The van der Waals surface area contributed by atoms with Gasteiger partial charge in [0.2, 0.25) is 0 Å². The van der Waals surface area contributed by atoms with Gasteiger partial charge in [-0.2, -0.15) is 13.2 Å². The second kappa shape index (κ2) is 7.49. The first kappa shape index (κ1) is 19.2. The van der Waals surface area contributed by atoms with Crippen LogP contribution >= 0.6 is 0 Å². The lowest BCUT2D eigenvalue weighted by Crippen LogP contribution is -2.55. The molecule has 0 bridgehead atoms. The average Bonchev–Trinajstić information content (AvgIpc) is 3.43. The van der Waals surface area contributed by atoms with Crippen LogP contribution in [0, 0.1) is 5.92 Å². The molecule has 2 aliphatic rings. The lowest BCUT2D eigenvalue weighted by atomic mass is 9.99. The lowest BCUT2D eigenvalue weighted by molar-refractivity contribution is -0.137. The van der Waals surface area contributed by atoms with Crippen LogP contribution in [0.1, 0.15) is 5.56 Å². The maximum atomic E-state index is 13.1. The molecule has 5 rings (SSSR count). The topological polar surface area (TPSA) is 82.4 Å². The van der Waals surface area contributed by atoms with E-state index in [0.717, 1.165) is 50.8 Å². The predicted molar refractivity (Wildman–Crippen MR) is 105 cm³/mol. The molecule has 3 aromatic rings. The first-order valence-corrected chi connectivity index (χ1v) is 9.81. The van der Waals surface area contributed by atoms with E-state index in [1.165, 1.54) is 16.7 Å². The van der Waals surface area contributed by atoms with Crippen molar-refractivity contribution in [3.8, 4) is 11.5 Å². The van der Waals surface area contributed by atoms with Crippen molar-refractivity contribution in [2.75, 3.05) is 37.6 Å². The molecular formula is C19H21F3N8. The maximum absolute atomic E-state index is 13.1. The molecule has 2 aliphatic heterocycles. The van der Waals surface area contributed by atoms with Gasteiger partial charge in [-0.25, -0.2) is 15.0 Å². The molecule has 11 heteroatoms. The molecule has 0 amide bonds. The summed E-state index contributed by atoms with van der Waals surface area (Å²) in [5.74, 6) is 1.58. The summed E-state index contributed by atoms with van der Waals surface area (Å²) < 4.78 is 40.8. The summed E-state index contributed by atoms with van der Waals surface area (Å²) in [6.07, 6.45) is -0.252. The number of anilines is 1. The molecule has 3 aromatic heterocycles. The third-order valence-electron chi connectivity index (χ3n) is 5.65. The number of piperazine rings is 1. The first-order valence-electron chi connectivity index (χ1n) is 9.81. The molecule has 0 radical (unpaired) electrons. The number of nitrogens with zero attached hydrogens (tertiary/aromatic N) is 5. The van der Waals surface area contributed by atoms with Gasteiger partial charge >= 0.3 is 6.18 Å². The van der Waals surface area contributed by atoms with Crippen LogP contribution in [0.15, 0.2) is 36.8 Å². The zero-order valence-corrected chi connectivity index (χ0v) is 16.0. The molecule has 2 saturated heterocycles. The number of rotatable bonds is 3. The molecule has 0 spiro atoms. The lowest BCUT2D eigenvalue weighted by Gasteiger charge is -2.37. The molecule has 1 atom stereocenters. The fraction of sp³-hybridized carbons (Fsp3) is 0.421. The Balaban J connectivity index is 1.45. The molecule has 30 heavy (non-hydrogen) atoms. The van der Waals surface area contributed by atoms with Gasteiger partial charge in [0, 0.05) is 57.1 Å². The molecule has 0 aliphatic carbocycles. The Morgan fingerprint density at radius 3 is 2.70 bits per heavy atom. The fourth-order valence-electron chi connectivity index (χ4n) is 4.03. The summed E-state index contributed by atoms with van der Waals surface area (Å²) in [5, 5.41) is 3.56. The Hall–Kier alpha value is -2.76. The Bertz CT molecular complexity index is 1040. The van der Waals surface area contributed by atoms with E-state index in [0.29, 0.717) is 29.1 Å². The van der Waals surface area contributed by atoms with E-state index in [-0.39, 0.29) is 0 Å².